The number of anilines is 2. The normalized spacial score (nSPS) is 13.4. The van der Waals surface area contributed by atoms with Gasteiger partial charge >= 0.3 is 0 Å². The zero-order valence-electron chi connectivity index (χ0n) is 29.9. The molecule has 4 N–H and O–H groups in total. The van der Waals surface area contributed by atoms with Crippen LogP contribution in [0, 0.1) is 17.1 Å². The van der Waals surface area contributed by atoms with E-state index in [-0.39, 0.29) is 17.7 Å². The van der Waals surface area contributed by atoms with Crippen LogP contribution in [0.2, 0.25) is 0 Å². The number of piperidine rings is 1. The standard InChI is InChI=1S/C35H31FN10O2.2C2H6/c1-44(31-14-18-39-30(21-37)43-31)25-15-19-45(20-16-25)35(47,48)23-6-10-26(11-7-23)46-33(27-3-2-17-40-32(27)38)42-29-13-12-28(41-34(29)46)22-4-8-24(36)9-5-22;2*1-2/h2-14,17-18,25,47-48H,15-16,19-20H2,1H3,(H2,38,40);2*1-2H3. The molecule has 0 atom stereocenters. The number of pyridine rings is 2. The Labute approximate surface area is 302 Å². The van der Waals surface area contributed by atoms with Crippen LogP contribution in [0.5, 0.6) is 0 Å². The van der Waals surface area contributed by atoms with E-state index in [0.29, 0.717) is 77.1 Å². The van der Waals surface area contributed by atoms with Crippen molar-refractivity contribution >= 4 is 22.8 Å². The maximum atomic E-state index is 13.6. The second kappa shape index (κ2) is 16.5. The highest BCUT2D eigenvalue weighted by Crippen LogP contribution is 2.34. The molecular weight excluding hydrogens is 659 g/mol. The summed E-state index contributed by atoms with van der Waals surface area (Å²) in [4.78, 5) is 25.9. The zero-order valence-corrected chi connectivity index (χ0v) is 29.9. The Morgan fingerprint density at radius 2 is 1.56 bits per heavy atom. The molecule has 6 aromatic rings. The molecule has 0 bridgehead atoms. The van der Waals surface area contributed by atoms with E-state index in [9.17, 15) is 14.6 Å². The van der Waals surface area contributed by atoms with Gasteiger partial charge in [-0.15, -0.1) is 0 Å². The lowest BCUT2D eigenvalue weighted by molar-refractivity contribution is -0.279. The smallest absolute Gasteiger partial charge is 0.253 e. The number of nitrogens with two attached hydrogens (primary N) is 1. The molecule has 0 radical (unpaired) electrons. The molecule has 1 fully saturated rings. The van der Waals surface area contributed by atoms with Crippen LogP contribution in [0.3, 0.4) is 0 Å². The van der Waals surface area contributed by atoms with E-state index in [1.165, 1.54) is 12.1 Å². The van der Waals surface area contributed by atoms with Gasteiger partial charge in [-0.25, -0.2) is 34.2 Å². The average Bonchev–Trinajstić information content (AvgIpc) is 3.58. The first-order valence-electron chi connectivity index (χ1n) is 17.4. The van der Waals surface area contributed by atoms with Gasteiger partial charge < -0.3 is 20.8 Å². The van der Waals surface area contributed by atoms with Crippen molar-refractivity contribution in [3.8, 4) is 34.4 Å². The Hall–Kier alpha value is -5.81. The van der Waals surface area contributed by atoms with Gasteiger partial charge in [0.2, 0.25) is 5.82 Å². The number of hydrogen-bond acceptors (Lipinski definition) is 11. The molecule has 0 saturated carbocycles. The fraction of sp³-hybridized carbons (Fsp3) is 0.282. The zero-order chi connectivity index (χ0) is 37.4. The van der Waals surface area contributed by atoms with Crippen molar-refractivity contribution in [2.75, 3.05) is 30.8 Å². The van der Waals surface area contributed by atoms with Gasteiger partial charge in [0.1, 0.15) is 29.0 Å². The molecule has 1 aliphatic rings. The highest BCUT2D eigenvalue weighted by atomic mass is 19.1. The molecule has 0 spiro atoms. The van der Waals surface area contributed by atoms with E-state index in [1.54, 1.807) is 65.8 Å². The second-order valence-corrected chi connectivity index (χ2v) is 11.6. The summed E-state index contributed by atoms with van der Waals surface area (Å²) in [5, 5.41) is 31.9. The molecule has 0 aliphatic carbocycles. The molecular formula is C39H43FN10O2. The van der Waals surface area contributed by atoms with Crippen LogP contribution >= 0.6 is 0 Å². The molecule has 4 aromatic heterocycles. The maximum absolute atomic E-state index is 13.6. The number of aromatic nitrogens is 6. The maximum Gasteiger partial charge on any atom is 0.253 e. The number of fused-ring (bicyclic) bond motifs is 1. The van der Waals surface area contributed by atoms with Crippen LogP contribution in [-0.2, 0) is 5.91 Å². The minimum absolute atomic E-state index is 0.0982. The minimum Gasteiger partial charge on any atom is -0.383 e. The van der Waals surface area contributed by atoms with Gasteiger partial charge in [0.15, 0.2) is 11.5 Å². The van der Waals surface area contributed by atoms with Crippen molar-refractivity contribution < 1.29 is 14.6 Å². The number of benzene rings is 2. The van der Waals surface area contributed by atoms with Crippen LogP contribution in [-0.4, -0.2) is 70.8 Å². The van der Waals surface area contributed by atoms with E-state index < -0.39 is 5.91 Å². The van der Waals surface area contributed by atoms with Crippen molar-refractivity contribution in [1.82, 2.24) is 34.4 Å². The summed E-state index contributed by atoms with van der Waals surface area (Å²) in [7, 11) is 1.92. The monoisotopic (exact) mass is 702 g/mol. The predicted molar refractivity (Wildman–Crippen MR) is 200 cm³/mol. The Kier molecular flexibility index (Phi) is 11.9. The molecule has 12 nitrogen and oxygen atoms in total. The fourth-order valence-corrected chi connectivity index (χ4v) is 6.14. The first-order chi connectivity index (χ1) is 25.2. The third-order valence-corrected chi connectivity index (χ3v) is 8.79. The van der Waals surface area contributed by atoms with E-state index in [4.69, 9.17) is 21.0 Å². The highest BCUT2D eigenvalue weighted by molar-refractivity contribution is 5.84. The van der Waals surface area contributed by atoms with Gasteiger partial charge in [-0.2, -0.15) is 5.26 Å². The number of aliphatic hydroxyl groups is 2. The molecule has 13 heteroatoms. The minimum atomic E-state index is -2.22. The summed E-state index contributed by atoms with van der Waals surface area (Å²) >= 11 is 0. The van der Waals surface area contributed by atoms with Gasteiger partial charge in [-0.1, -0.05) is 39.8 Å². The number of likely N-dealkylation sites (tertiary alicyclic amines) is 1. The lowest BCUT2D eigenvalue weighted by atomic mass is 10.0. The molecule has 0 unspecified atom stereocenters. The number of nitrogens with zero attached hydrogens (tertiary/aromatic N) is 9. The summed E-state index contributed by atoms with van der Waals surface area (Å²) in [6.07, 6.45) is 4.48. The molecule has 5 heterocycles. The van der Waals surface area contributed by atoms with Gasteiger partial charge in [-0.05, 0) is 79.6 Å². The molecule has 7 rings (SSSR count). The summed E-state index contributed by atoms with van der Waals surface area (Å²) < 4.78 is 15.5. The van der Waals surface area contributed by atoms with Gasteiger partial charge in [0.05, 0.1) is 11.3 Å². The molecule has 1 saturated heterocycles. The molecule has 268 valence electrons. The topological polar surface area (TPSA) is 166 Å². The van der Waals surface area contributed by atoms with Gasteiger partial charge in [0, 0.05) is 55.4 Å². The molecule has 2 aromatic carbocycles. The quantitative estimate of drug-likeness (QED) is 0.160. The SMILES string of the molecule is CC.CC.CN(c1ccnc(C#N)n1)C1CCN(C(O)(O)c2ccc(-n3c(-c4cccnc4N)nc4ccc(-c5ccc(F)cc5)nc43)cc2)CC1. The summed E-state index contributed by atoms with van der Waals surface area (Å²) in [6, 6.07) is 24.1. The van der Waals surface area contributed by atoms with Crippen molar-refractivity contribution in [1.29, 1.82) is 5.26 Å². The van der Waals surface area contributed by atoms with E-state index in [0.717, 1.165) is 5.56 Å². The Morgan fingerprint density at radius 3 is 2.21 bits per heavy atom. The first-order valence-corrected chi connectivity index (χ1v) is 17.4. The average molecular weight is 703 g/mol. The van der Waals surface area contributed by atoms with Crippen molar-refractivity contribution in [3.63, 3.8) is 0 Å². The van der Waals surface area contributed by atoms with Crippen LogP contribution in [0.25, 0.3) is 39.5 Å². The van der Waals surface area contributed by atoms with Gasteiger partial charge in [-0.3, -0.25) is 4.57 Å². The van der Waals surface area contributed by atoms with Crippen molar-refractivity contribution in [2.45, 2.75) is 52.5 Å². The number of nitriles is 1. The lowest BCUT2D eigenvalue weighted by Crippen LogP contribution is -2.53. The number of nitrogen functional groups attached to an aromatic ring is 1. The highest BCUT2D eigenvalue weighted by Gasteiger charge is 2.37. The van der Waals surface area contributed by atoms with Crippen LogP contribution in [0.4, 0.5) is 16.0 Å². The molecule has 52 heavy (non-hydrogen) atoms. The number of hydrogen-bond donors (Lipinski definition) is 3. The molecule has 1 aliphatic heterocycles. The van der Waals surface area contributed by atoms with E-state index in [1.807, 2.05) is 68.5 Å². The summed E-state index contributed by atoms with van der Waals surface area (Å²) in [5.41, 5.74) is 10.4. The fourth-order valence-electron chi connectivity index (χ4n) is 6.14. The van der Waals surface area contributed by atoms with Gasteiger partial charge in [0.25, 0.3) is 5.91 Å². The Bertz CT molecular complexity index is 2140. The van der Waals surface area contributed by atoms with Crippen LogP contribution in [0.1, 0.15) is 51.9 Å². The Morgan fingerprint density at radius 1 is 0.865 bits per heavy atom. The van der Waals surface area contributed by atoms with Crippen molar-refractivity contribution in [2.24, 2.45) is 0 Å². The number of imidazole rings is 1. The molecule has 0 amide bonds. The second-order valence-electron chi connectivity index (χ2n) is 11.6. The van der Waals surface area contributed by atoms with Crippen LogP contribution in [0.15, 0.2) is 91.3 Å². The van der Waals surface area contributed by atoms with E-state index in [2.05, 4.69) is 15.0 Å². The first kappa shape index (κ1) is 37.4. The lowest BCUT2D eigenvalue weighted by Gasteiger charge is -2.42. The summed E-state index contributed by atoms with van der Waals surface area (Å²) in [6.45, 7) is 8.85. The third-order valence-electron chi connectivity index (χ3n) is 8.79. The Balaban J connectivity index is 0.00000126. The number of rotatable bonds is 7. The summed E-state index contributed by atoms with van der Waals surface area (Å²) in [5.74, 6) is -0.983. The third kappa shape index (κ3) is 7.59. The van der Waals surface area contributed by atoms with Crippen molar-refractivity contribution in [3.05, 3.63) is 108 Å². The van der Waals surface area contributed by atoms with Crippen LogP contribution < -0.4 is 10.6 Å². The predicted octanol–water partition coefficient (Wildman–Crippen LogP) is 6.28. The largest absolute Gasteiger partial charge is 0.383 e. The van der Waals surface area contributed by atoms with E-state index >= 15 is 0 Å². The number of halogens is 1.